The Balaban J connectivity index is 2.06. The number of halogens is 1. The summed E-state index contributed by atoms with van der Waals surface area (Å²) in [5.74, 6) is -1.22. The minimum atomic E-state index is -4.10. The van der Waals surface area contributed by atoms with E-state index in [0.717, 1.165) is 10.0 Å². The molecule has 2 rings (SSSR count). The fraction of sp³-hybridized carbons (Fsp3) is 0.333. The highest BCUT2D eigenvalue weighted by Gasteiger charge is 2.30. The lowest BCUT2D eigenvalue weighted by Crippen LogP contribution is -2.37. The summed E-state index contributed by atoms with van der Waals surface area (Å²) in [5, 5.41) is 2.64. The SMILES string of the molecule is CCOC(=O)c1c(C)[nH]c(C)c1S(=O)(=O)NCC(=O)NCc1ccc(Br)cc1. The molecule has 0 bridgehead atoms. The summed E-state index contributed by atoms with van der Waals surface area (Å²) in [5.41, 5.74) is 1.50. The summed E-state index contributed by atoms with van der Waals surface area (Å²) in [4.78, 5) is 26.8. The van der Waals surface area contributed by atoms with Gasteiger partial charge in [0.1, 0.15) is 10.5 Å². The van der Waals surface area contributed by atoms with Gasteiger partial charge in [-0.15, -0.1) is 0 Å². The van der Waals surface area contributed by atoms with Crippen LogP contribution in [0.2, 0.25) is 0 Å². The minimum absolute atomic E-state index is 0.0536. The molecule has 0 aliphatic rings. The van der Waals surface area contributed by atoms with Crippen LogP contribution in [0, 0.1) is 13.8 Å². The number of esters is 1. The van der Waals surface area contributed by atoms with Gasteiger partial charge in [0.25, 0.3) is 0 Å². The average Bonchev–Trinajstić information content (AvgIpc) is 2.94. The van der Waals surface area contributed by atoms with Crippen molar-refractivity contribution < 1.29 is 22.7 Å². The summed E-state index contributed by atoms with van der Waals surface area (Å²) in [6, 6.07) is 7.37. The number of hydrogen-bond donors (Lipinski definition) is 3. The fourth-order valence-electron chi connectivity index (χ4n) is 2.64. The molecule has 1 aromatic heterocycles. The molecular formula is C18H22BrN3O5S. The van der Waals surface area contributed by atoms with Gasteiger partial charge >= 0.3 is 5.97 Å². The topological polar surface area (TPSA) is 117 Å². The van der Waals surface area contributed by atoms with E-state index in [1.165, 1.54) is 6.92 Å². The van der Waals surface area contributed by atoms with Gasteiger partial charge in [-0.25, -0.2) is 17.9 Å². The normalized spacial score (nSPS) is 11.3. The van der Waals surface area contributed by atoms with Gasteiger partial charge in [0.2, 0.25) is 15.9 Å². The fourth-order valence-corrected chi connectivity index (χ4v) is 4.33. The van der Waals surface area contributed by atoms with Crippen molar-refractivity contribution in [2.24, 2.45) is 0 Å². The lowest BCUT2D eigenvalue weighted by atomic mass is 10.2. The largest absolute Gasteiger partial charge is 0.462 e. The van der Waals surface area contributed by atoms with Gasteiger partial charge in [-0.1, -0.05) is 28.1 Å². The maximum absolute atomic E-state index is 12.7. The Morgan fingerprint density at radius 1 is 1.14 bits per heavy atom. The number of amides is 1. The van der Waals surface area contributed by atoms with Crippen molar-refractivity contribution >= 4 is 37.8 Å². The number of aromatic nitrogens is 1. The Labute approximate surface area is 172 Å². The first kappa shape index (κ1) is 22.1. The Morgan fingerprint density at radius 2 is 1.79 bits per heavy atom. The van der Waals surface area contributed by atoms with Crippen LogP contribution in [0.5, 0.6) is 0 Å². The Bertz CT molecular complexity index is 968. The monoisotopic (exact) mass is 471 g/mol. The molecule has 2 aromatic rings. The number of ether oxygens (including phenoxy) is 1. The molecule has 0 saturated heterocycles. The van der Waals surface area contributed by atoms with Crippen molar-refractivity contribution in [2.75, 3.05) is 13.2 Å². The lowest BCUT2D eigenvalue weighted by molar-refractivity contribution is -0.120. The Morgan fingerprint density at radius 3 is 2.39 bits per heavy atom. The highest BCUT2D eigenvalue weighted by Crippen LogP contribution is 2.24. The standard InChI is InChI=1S/C18H22BrN3O5S/c1-4-27-18(24)16-11(2)22-12(3)17(16)28(25,26)21-10-15(23)20-9-13-5-7-14(19)8-6-13/h5-8,21-22H,4,9-10H2,1-3H3,(H,20,23). The third-order valence-corrected chi connectivity index (χ3v) is 5.99. The van der Waals surface area contributed by atoms with Crippen LogP contribution in [-0.2, 0) is 26.1 Å². The first-order chi connectivity index (χ1) is 13.2. The molecule has 0 radical (unpaired) electrons. The summed E-state index contributed by atoms with van der Waals surface area (Å²) < 4.78 is 33.5. The predicted octanol–water partition coefficient (Wildman–Crippen LogP) is 2.17. The van der Waals surface area contributed by atoms with Crippen LogP contribution < -0.4 is 10.0 Å². The van der Waals surface area contributed by atoms with Crippen molar-refractivity contribution in [3.63, 3.8) is 0 Å². The van der Waals surface area contributed by atoms with Gasteiger partial charge in [-0.2, -0.15) is 0 Å². The van der Waals surface area contributed by atoms with Crippen molar-refractivity contribution in [3.05, 3.63) is 51.3 Å². The van der Waals surface area contributed by atoms with Gasteiger partial charge in [0, 0.05) is 22.4 Å². The summed E-state index contributed by atoms with van der Waals surface area (Å²) in [7, 11) is -4.10. The molecular weight excluding hydrogens is 450 g/mol. The van der Waals surface area contributed by atoms with Crippen molar-refractivity contribution in [3.8, 4) is 0 Å². The van der Waals surface area contributed by atoms with E-state index >= 15 is 0 Å². The Kier molecular flexibility index (Phi) is 7.39. The quantitative estimate of drug-likeness (QED) is 0.509. The smallest absolute Gasteiger partial charge is 0.341 e. The third-order valence-electron chi connectivity index (χ3n) is 3.89. The lowest BCUT2D eigenvalue weighted by Gasteiger charge is -2.10. The number of carbonyl (C=O) groups is 2. The molecule has 3 N–H and O–H groups in total. The molecule has 1 aromatic carbocycles. The first-order valence-electron chi connectivity index (χ1n) is 8.52. The number of H-pyrrole nitrogens is 1. The van der Waals surface area contributed by atoms with Crippen molar-refractivity contribution in [2.45, 2.75) is 32.2 Å². The number of sulfonamides is 1. The molecule has 28 heavy (non-hydrogen) atoms. The summed E-state index contributed by atoms with van der Waals surface area (Å²) >= 11 is 3.33. The highest BCUT2D eigenvalue weighted by atomic mass is 79.9. The second-order valence-electron chi connectivity index (χ2n) is 6.03. The first-order valence-corrected chi connectivity index (χ1v) is 10.8. The molecule has 8 nitrogen and oxygen atoms in total. The van der Waals surface area contributed by atoms with Crippen LogP contribution in [-0.4, -0.2) is 38.4 Å². The number of aryl methyl sites for hydroxylation is 2. The van der Waals surface area contributed by atoms with Crippen molar-refractivity contribution in [1.29, 1.82) is 0 Å². The summed E-state index contributed by atoms with van der Waals surface area (Å²) in [6.45, 7) is 4.69. The second kappa shape index (κ2) is 9.35. The number of carbonyl (C=O) groups excluding carboxylic acids is 2. The molecule has 0 fully saturated rings. The van der Waals surface area contributed by atoms with Crippen LogP contribution in [0.1, 0.15) is 34.2 Å². The van der Waals surface area contributed by atoms with Crippen LogP contribution in [0.25, 0.3) is 0 Å². The molecule has 0 atom stereocenters. The molecule has 0 aliphatic heterocycles. The molecule has 1 heterocycles. The number of nitrogens with one attached hydrogen (secondary N) is 3. The molecule has 0 saturated carbocycles. The maximum atomic E-state index is 12.7. The minimum Gasteiger partial charge on any atom is -0.462 e. The zero-order chi connectivity index (χ0) is 20.9. The summed E-state index contributed by atoms with van der Waals surface area (Å²) in [6.07, 6.45) is 0. The molecule has 1 amide bonds. The van der Waals surface area contributed by atoms with E-state index in [-0.39, 0.29) is 23.6 Å². The van der Waals surface area contributed by atoms with E-state index in [4.69, 9.17) is 4.74 Å². The van der Waals surface area contributed by atoms with E-state index in [1.54, 1.807) is 13.8 Å². The van der Waals surface area contributed by atoms with E-state index < -0.39 is 28.4 Å². The van der Waals surface area contributed by atoms with E-state index in [0.29, 0.717) is 11.4 Å². The molecule has 152 valence electrons. The van der Waals surface area contributed by atoms with Gasteiger partial charge in [0.05, 0.1) is 13.2 Å². The van der Waals surface area contributed by atoms with Crippen molar-refractivity contribution in [1.82, 2.24) is 15.0 Å². The molecule has 10 heteroatoms. The number of benzene rings is 1. The van der Waals surface area contributed by atoms with E-state index in [2.05, 4.69) is 31.0 Å². The van der Waals surface area contributed by atoms with Gasteiger partial charge in [0.15, 0.2) is 0 Å². The predicted molar refractivity (Wildman–Crippen MR) is 107 cm³/mol. The maximum Gasteiger partial charge on any atom is 0.341 e. The van der Waals surface area contributed by atoms with Crippen LogP contribution in [0.3, 0.4) is 0 Å². The van der Waals surface area contributed by atoms with Crippen LogP contribution >= 0.6 is 15.9 Å². The molecule has 0 aliphatic carbocycles. The van der Waals surface area contributed by atoms with E-state index in [1.807, 2.05) is 24.3 Å². The molecule has 0 unspecified atom stereocenters. The zero-order valence-corrected chi connectivity index (χ0v) is 18.2. The van der Waals surface area contributed by atoms with E-state index in [9.17, 15) is 18.0 Å². The highest BCUT2D eigenvalue weighted by molar-refractivity contribution is 9.10. The zero-order valence-electron chi connectivity index (χ0n) is 15.8. The second-order valence-corrected chi connectivity index (χ2v) is 8.65. The van der Waals surface area contributed by atoms with Crippen LogP contribution in [0.4, 0.5) is 0 Å². The number of rotatable bonds is 8. The average molecular weight is 472 g/mol. The number of hydrogen-bond acceptors (Lipinski definition) is 5. The van der Waals surface area contributed by atoms with Gasteiger partial charge < -0.3 is 15.0 Å². The third kappa shape index (κ3) is 5.43. The molecule has 0 spiro atoms. The van der Waals surface area contributed by atoms with Gasteiger partial charge in [-0.3, -0.25) is 4.79 Å². The van der Waals surface area contributed by atoms with Gasteiger partial charge in [-0.05, 0) is 38.5 Å². The Hall–Kier alpha value is -2.17. The van der Waals surface area contributed by atoms with Crippen LogP contribution in [0.15, 0.2) is 33.6 Å². The number of aromatic amines is 1.